The summed E-state index contributed by atoms with van der Waals surface area (Å²) in [4.78, 5) is 12.7. The van der Waals surface area contributed by atoms with E-state index in [-0.39, 0.29) is 24.0 Å². The standard InChI is InChI=1S/C10H11BrFNOS/c1-13(10(14)6-15)5-7-4-8(11)2-3-9(7)12/h2-4,15H,5-6H2,1H3. The lowest BCUT2D eigenvalue weighted by Gasteiger charge is -2.16. The monoisotopic (exact) mass is 291 g/mol. The molecule has 0 atom stereocenters. The Hall–Kier alpha value is -0.550. The van der Waals surface area contributed by atoms with Crippen LogP contribution in [0, 0.1) is 5.82 Å². The van der Waals surface area contributed by atoms with Crippen molar-refractivity contribution in [2.24, 2.45) is 0 Å². The maximum atomic E-state index is 13.3. The van der Waals surface area contributed by atoms with Crippen molar-refractivity contribution >= 4 is 34.5 Å². The number of rotatable bonds is 3. The second-order valence-corrected chi connectivity index (χ2v) is 4.38. The van der Waals surface area contributed by atoms with E-state index < -0.39 is 0 Å². The van der Waals surface area contributed by atoms with Gasteiger partial charge in [-0.2, -0.15) is 12.6 Å². The van der Waals surface area contributed by atoms with Gasteiger partial charge in [-0.1, -0.05) is 15.9 Å². The molecule has 0 spiro atoms. The molecule has 15 heavy (non-hydrogen) atoms. The highest BCUT2D eigenvalue weighted by Crippen LogP contribution is 2.16. The molecule has 0 aliphatic heterocycles. The number of carbonyl (C=O) groups is 1. The van der Waals surface area contributed by atoms with Gasteiger partial charge in [0, 0.05) is 23.6 Å². The summed E-state index contributed by atoms with van der Waals surface area (Å²) in [5.41, 5.74) is 0.488. The van der Waals surface area contributed by atoms with Gasteiger partial charge >= 0.3 is 0 Å². The Balaban J connectivity index is 2.80. The molecule has 0 bridgehead atoms. The van der Waals surface area contributed by atoms with Gasteiger partial charge in [-0.3, -0.25) is 4.79 Å². The summed E-state index contributed by atoms with van der Waals surface area (Å²) in [6.07, 6.45) is 0. The fraction of sp³-hybridized carbons (Fsp3) is 0.300. The Kier molecular flexibility index (Phi) is 4.60. The summed E-state index contributed by atoms with van der Waals surface area (Å²) >= 11 is 7.13. The van der Waals surface area contributed by atoms with Crippen LogP contribution >= 0.6 is 28.6 Å². The number of benzene rings is 1. The summed E-state index contributed by atoms with van der Waals surface area (Å²) < 4.78 is 14.1. The van der Waals surface area contributed by atoms with Gasteiger partial charge in [-0.25, -0.2) is 4.39 Å². The predicted octanol–water partition coefficient (Wildman–Crippen LogP) is 2.48. The second kappa shape index (κ2) is 5.51. The van der Waals surface area contributed by atoms with Crippen LogP contribution < -0.4 is 0 Å². The van der Waals surface area contributed by atoms with Crippen LogP contribution in [-0.4, -0.2) is 23.6 Å². The summed E-state index contributed by atoms with van der Waals surface area (Å²) in [5.74, 6) is -0.304. The van der Waals surface area contributed by atoms with Crippen LogP contribution in [0.2, 0.25) is 0 Å². The highest BCUT2D eigenvalue weighted by Gasteiger charge is 2.10. The molecule has 0 aliphatic rings. The summed E-state index contributed by atoms with van der Waals surface area (Å²) in [6.45, 7) is 0.255. The Morgan fingerprint density at radius 1 is 1.60 bits per heavy atom. The molecule has 1 rings (SSSR count). The van der Waals surface area contributed by atoms with Gasteiger partial charge in [0.2, 0.25) is 5.91 Å². The first-order valence-electron chi connectivity index (χ1n) is 4.33. The average Bonchev–Trinajstić information content (AvgIpc) is 2.22. The van der Waals surface area contributed by atoms with E-state index >= 15 is 0 Å². The molecule has 1 amide bonds. The first-order valence-corrected chi connectivity index (χ1v) is 5.76. The van der Waals surface area contributed by atoms with E-state index in [0.717, 1.165) is 4.47 Å². The molecular weight excluding hydrogens is 281 g/mol. The molecule has 0 saturated carbocycles. The molecule has 0 radical (unpaired) electrons. The lowest BCUT2D eigenvalue weighted by Crippen LogP contribution is -2.27. The maximum Gasteiger partial charge on any atom is 0.232 e. The third-order valence-corrected chi connectivity index (χ3v) is 2.74. The number of halogens is 2. The molecule has 5 heteroatoms. The normalized spacial score (nSPS) is 10.1. The van der Waals surface area contributed by atoms with Crippen molar-refractivity contribution in [1.29, 1.82) is 0 Å². The second-order valence-electron chi connectivity index (χ2n) is 3.14. The van der Waals surface area contributed by atoms with Crippen molar-refractivity contribution in [3.8, 4) is 0 Å². The van der Waals surface area contributed by atoms with Crippen molar-refractivity contribution in [3.63, 3.8) is 0 Å². The topological polar surface area (TPSA) is 20.3 Å². The van der Waals surface area contributed by atoms with Crippen molar-refractivity contribution in [3.05, 3.63) is 34.1 Å². The maximum absolute atomic E-state index is 13.3. The van der Waals surface area contributed by atoms with Gasteiger partial charge in [0.25, 0.3) is 0 Å². The zero-order valence-corrected chi connectivity index (χ0v) is 10.7. The molecule has 82 valence electrons. The van der Waals surface area contributed by atoms with E-state index in [1.807, 2.05) is 0 Å². The Bertz CT molecular complexity index is 372. The quantitative estimate of drug-likeness (QED) is 0.849. The van der Waals surface area contributed by atoms with Gasteiger partial charge in [-0.05, 0) is 18.2 Å². The summed E-state index contributed by atoms with van der Waals surface area (Å²) in [5, 5.41) is 0. The van der Waals surface area contributed by atoms with Crippen molar-refractivity contribution in [2.75, 3.05) is 12.8 Å². The van der Waals surface area contributed by atoms with E-state index in [1.165, 1.54) is 11.0 Å². The Morgan fingerprint density at radius 2 is 2.27 bits per heavy atom. The van der Waals surface area contributed by atoms with Crippen LogP contribution in [0.1, 0.15) is 5.56 Å². The van der Waals surface area contributed by atoms with Crippen LogP contribution in [0.5, 0.6) is 0 Å². The summed E-state index contributed by atoms with van der Waals surface area (Å²) in [6, 6.07) is 4.66. The Labute approximate surface area is 102 Å². The third-order valence-electron chi connectivity index (χ3n) is 1.98. The molecule has 0 heterocycles. The predicted molar refractivity (Wildman–Crippen MR) is 64.4 cm³/mol. The number of amides is 1. The van der Waals surface area contributed by atoms with Crippen molar-refractivity contribution in [2.45, 2.75) is 6.54 Å². The molecule has 2 nitrogen and oxygen atoms in total. The zero-order chi connectivity index (χ0) is 11.4. The SMILES string of the molecule is CN(Cc1cc(Br)ccc1F)C(=O)CS. The molecule has 0 aliphatic carbocycles. The van der Waals surface area contributed by atoms with Crippen LogP contribution in [-0.2, 0) is 11.3 Å². The minimum Gasteiger partial charge on any atom is -0.341 e. The number of nitrogens with zero attached hydrogens (tertiary/aromatic N) is 1. The largest absolute Gasteiger partial charge is 0.341 e. The van der Waals surface area contributed by atoms with Gasteiger partial charge in [0.05, 0.1) is 5.75 Å². The highest BCUT2D eigenvalue weighted by molar-refractivity contribution is 9.10. The fourth-order valence-corrected chi connectivity index (χ4v) is 1.78. The number of hydrogen-bond acceptors (Lipinski definition) is 2. The minimum atomic E-state index is -0.308. The fourth-order valence-electron chi connectivity index (χ4n) is 1.13. The molecule has 0 N–H and O–H groups in total. The number of carbonyl (C=O) groups excluding carboxylic acids is 1. The Morgan fingerprint density at radius 3 is 2.87 bits per heavy atom. The lowest BCUT2D eigenvalue weighted by molar-refractivity contribution is -0.127. The number of hydrogen-bond donors (Lipinski definition) is 1. The highest BCUT2D eigenvalue weighted by atomic mass is 79.9. The zero-order valence-electron chi connectivity index (χ0n) is 8.20. The van der Waals surface area contributed by atoms with Crippen molar-refractivity contribution < 1.29 is 9.18 Å². The summed E-state index contributed by atoms with van der Waals surface area (Å²) in [7, 11) is 1.62. The first-order chi connectivity index (χ1) is 7.04. The molecule has 1 aromatic carbocycles. The van der Waals surface area contributed by atoms with Crippen LogP contribution in [0.4, 0.5) is 4.39 Å². The van der Waals surface area contributed by atoms with Crippen molar-refractivity contribution in [1.82, 2.24) is 4.90 Å². The van der Waals surface area contributed by atoms with Crippen LogP contribution in [0.25, 0.3) is 0 Å². The van der Waals surface area contributed by atoms with Crippen LogP contribution in [0.3, 0.4) is 0 Å². The molecule has 0 fully saturated rings. The molecule has 1 aromatic rings. The van der Waals surface area contributed by atoms with Crippen LogP contribution in [0.15, 0.2) is 22.7 Å². The van der Waals surface area contributed by atoms with E-state index in [9.17, 15) is 9.18 Å². The van der Waals surface area contributed by atoms with Gasteiger partial charge in [-0.15, -0.1) is 0 Å². The van der Waals surface area contributed by atoms with Gasteiger partial charge < -0.3 is 4.90 Å². The molecular formula is C10H11BrFNOS. The van der Waals surface area contributed by atoms with E-state index in [4.69, 9.17) is 0 Å². The van der Waals surface area contributed by atoms with E-state index in [0.29, 0.717) is 5.56 Å². The molecule has 0 unspecified atom stereocenters. The average molecular weight is 292 g/mol. The smallest absolute Gasteiger partial charge is 0.232 e. The third kappa shape index (κ3) is 3.50. The number of thiol groups is 1. The van der Waals surface area contributed by atoms with Gasteiger partial charge in [0.15, 0.2) is 0 Å². The minimum absolute atomic E-state index is 0.127. The molecule has 0 aromatic heterocycles. The van der Waals surface area contributed by atoms with E-state index in [2.05, 4.69) is 28.6 Å². The molecule has 0 saturated heterocycles. The lowest BCUT2D eigenvalue weighted by atomic mass is 10.2. The van der Waals surface area contributed by atoms with E-state index in [1.54, 1.807) is 19.2 Å². The van der Waals surface area contributed by atoms with Gasteiger partial charge in [0.1, 0.15) is 5.82 Å². The first kappa shape index (κ1) is 12.5.